The number of aromatic amines is 1. The Labute approximate surface area is 207 Å². The van der Waals surface area contributed by atoms with Gasteiger partial charge in [-0.25, -0.2) is 9.97 Å². The first kappa shape index (κ1) is 23.7. The van der Waals surface area contributed by atoms with Gasteiger partial charge in [-0.1, -0.05) is 6.07 Å². The predicted molar refractivity (Wildman–Crippen MR) is 129 cm³/mol. The number of rotatable bonds is 7. The Hall–Kier alpha value is -4.02. The third-order valence-electron chi connectivity index (χ3n) is 6.86. The molecular formula is C25H28N6O5. The zero-order valence-corrected chi connectivity index (χ0v) is 20.0. The third kappa shape index (κ3) is 5.00. The summed E-state index contributed by atoms with van der Waals surface area (Å²) in [6.45, 7) is 1.08. The fraction of sp³-hybridized carbons (Fsp3) is 0.440. The Morgan fingerprint density at radius 2 is 2.03 bits per heavy atom. The number of methoxy groups -OCH3 is 1. The number of esters is 1. The molecule has 2 aromatic heterocycles. The molecule has 1 amide bonds. The number of Topliss-reactive ketones (excluding diaryl/α,β-unsaturated/α-hetero) is 1. The van der Waals surface area contributed by atoms with Crippen LogP contribution in [0.1, 0.15) is 47.3 Å². The van der Waals surface area contributed by atoms with E-state index in [0.29, 0.717) is 41.5 Å². The summed E-state index contributed by atoms with van der Waals surface area (Å²) < 4.78 is 10.3. The molecule has 11 nitrogen and oxygen atoms in total. The molecule has 1 fully saturated rings. The van der Waals surface area contributed by atoms with Crippen molar-refractivity contribution < 1.29 is 23.9 Å². The van der Waals surface area contributed by atoms with Gasteiger partial charge in [0.1, 0.15) is 29.7 Å². The lowest BCUT2D eigenvalue weighted by Crippen LogP contribution is -2.26. The van der Waals surface area contributed by atoms with Gasteiger partial charge in [-0.15, -0.1) is 0 Å². The van der Waals surface area contributed by atoms with Crippen LogP contribution in [0.3, 0.4) is 0 Å². The average Bonchev–Trinajstić information content (AvgIpc) is 3.33. The second-order valence-electron chi connectivity index (χ2n) is 9.27. The molecular weight excluding hydrogens is 464 g/mol. The minimum absolute atomic E-state index is 0.0107. The van der Waals surface area contributed by atoms with E-state index in [9.17, 15) is 14.4 Å². The number of nitrogens with zero attached hydrogens (tertiary/aromatic N) is 3. The standard InChI is InChI=1S/C25H28N6O5/c1-35-25(34)16-5-2-14(3-6-16)10-26-23-21-20(30-31-23)22(29-13-28-21)24(33)27-11-15-4-7-19-17(8-15)9-18(32)12-36-19/h4,7-8,13-14,16H,2-3,5-6,9-12H2,1H3,(H,27,33)(H2,26,30,31). The molecule has 1 saturated carbocycles. The molecule has 188 valence electrons. The number of nitrogens with one attached hydrogen (secondary N) is 3. The highest BCUT2D eigenvalue weighted by molar-refractivity contribution is 6.04. The van der Waals surface area contributed by atoms with E-state index in [2.05, 4.69) is 30.8 Å². The quantitative estimate of drug-likeness (QED) is 0.422. The minimum Gasteiger partial charge on any atom is -0.486 e. The van der Waals surface area contributed by atoms with Crippen LogP contribution in [0.15, 0.2) is 24.5 Å². The summed E-state index contributed by atoms with van der Waals surface area (Å²) in [6.07, 6.45) is 5.18. The Morgan fingerprint density at radius 3 is 2.83 bits per heavy atom. The molecule has 3 aromatic rings. The zero-order valence-electron chi connectivity index (χ0n) is 20.0. The van der Waals surface area contributed by atoms with Crippen LogP contribution in [0, 0.1) is 11.8 Å². The van der Waals surface area contributed by atoms with Gasteiger partial charge >= 0.3 is 5.97 Å². The maximum absolute atomic E-state index is 12.9. The minimum atomic E-state index is -0.358. The number of hydrogen-bond acceptors (Lipinski definition) is 9. The van der Waals surface area contributed by atoms with Crippen molar-refractivity contribution in [2.24, 2.45) is 11.8 Å². The zero-order chi connectivity index (χ0) is 25.1. The molecule has 11 heteroatoms. The summed E-state index contributed by atoms with van der Waals surface area (Å²) in [5.74, 6) is 1.22. The van der Waals surface area contributed by atoms with Crippen molar-refractivity contribution in [3.8, 4) is 5.75 Å². The van der Waals surface area contributed by atoms with Crippen LogP contribution in [0.25, 0.3) is 11.0 Å². The van der Waals surface area contributed by atoms with Crippen LogP contribution >= 0.6 is 0 Å². The normalized spacial score (nSPS) is 19.3. The molecule has 0 spiro atoms. The predicted octanol–water partition coefficient (Wildman–Crippen LogP) is 2.18. The fourth-order valence-corrected chi connectivity index (χ4v) is 4.85. The lowest BCUT2D eigenvalue weighted by molar-refractivity contribution is -0.146. The van der Waals surface area contributed by atoms with Crippen molar-refractivity contribution in [2.45, 2.75) is 38.6 Å². The van der Waals surface area contributed by atoms with Crippen molar-refractivity contribution in [2.75, 3.05) is 25.6 Å². The topological polar surface area (TPSA) is 148 Å². The molecule has 1 aromatic carbocycles. The Bertz CT molecular complexity index is 1300. The molecule has 0 atom stereocenters. The van der Waals surface area contributed by atoms with E-state index in [-0.39, 0.29) is 42.4 Å². The molecule has 1 aliphatic heterocycles. The second kappa shape index (κ2) is 10.3. The molecule has 0 bridgehead atoms. The number of anilines is 1. The van der Waals surface area contributed by atoms with Crippen molar-refractivity contribution >= 4 is 34.5 Å². The van der Waals surface area contributed by atoms with Gasteiger partial charge in [0.25, 0.3) is 5.91 Å². The summed E-state index contributed by atoms with van der Waals surface area (Å²) in [7, 11) is 1.43. The highest BCUT2D eigenvalue weighted by Gasteiger charge is 2.27. The summed E-state index contributed by atoms with van der Waals surface area (Å²) in [6, 6.07) is 5.56. The van der Waals surface area contributed by atoms with Gasteiger partial charge in [-0.2, -0.15) is 5.10 Å². The van der Waals surface area contributed by atoms with E-state index in [4.69, 9.17) is 9.47 Å². The molecule has 3 N–H and O–H groups in total. The Kier molecular flexibility index (Phi) is 6.79. The van der Waals surface area contributed by atoms with Crippen molar-refractivity contribution in [1.82, 2.24) is 25.5 Å². The summed E-state index contributed by atoms with van der Waals surface area (Å²) >= 11 is 0. The number of ether oxygens (including phenoxy) is 2. The number of amides is 1. The number of benzene rings is 1. The van der Waals surface area contributed by atoms with Crippen LogP contribution in [-0.2, 0) is 27.3 Å². The molecule has 2 aliphatic rings. The molecule has 5 rings (SSSR count). The molecule has 0 unspecified atom stereocenters. The number of ketones is 1. The Morgan fingerprint density at radius 1 is 1.19 bits per heavy atom. The number of hydrogen-bond donors (Lipinski definition) is 3. The maximum atomic E-state index is 12.9. The third-order valence-corrected chi connectivity index (χ3v) is 6.86. The van der Waals surface area contributed by atoms with Crippen LogP contribution in [-0.4, -0.2) is 58.1 Å². The highest BCUT2D eigenvalue weighted by atomic mass is 16.5. The van der Waals surface area contributed by atoms with E-state index < -0.39 is 0 Å². The van der Waals surface area contributed by atoms with E-state index in [1.54, 1.807) is 0 Å². The number of carbonyl (C=O) groups excluding carboxylic acids is 3. The maximum Gasteiger partial charge on any atom is 0.308 e. The highest BCUT2D eigenvalue weighted by Crippen LogP contribution is 2.30. The second-order valence-corrected chi connectivity index (χ2v) is 9.27. The SMILES string of the molecule is COC(=O)C1CCC(CNc2n[nH]c3c(C(=O)NCc4ccc5c(c4)CC(=O)CO5)ncnc23)CC1. The summed E-state index contributed by atoms with van der Waals surface area (Å²) in [5, 5.41) is 13.4. The molecule has 3 heterocycles. The summed E-state index contributed by atoms with van der Waals surface area (Å²) in [4.78, 5) is 44.8. The van der Waals surface area contributed by atoms with Crippen LogP contribution in [0.4, 0.5) is 5.82 Å². The van der Waals surface area contributed by atoms with Gasteiger partial charge in [0, 0.05) is 25.1 Å². The van der Waals surface area contributed by atoms with Gasteiger partial charge in [0.05, 0.1) is 13.0 Å². The van der Waals surface area contributed by atoms with E-state index in [1.165, 1.54) is 13.4 Å². The van der Waals surface area contributed by atoms with E-state index in [1.807, 2.05) is 18.2 Å². The summed E-state index contributed by atoms with van der Waals surface area (Å²) in [5.41, 5.74) is 2.89. The number of H-pyrrole nitrogens is 1. The number of carbonyl (C=O) groups is 3. The largest absolute Gasteiger partial charge is 0.486 e. The smallest absolute Gasteiger partial charge is 0.308 e. The van der Waals surface area contributed by atoms with Gasteiger partial charge in [-0.3, -0.25) is 19.5 Å². The first-order chi connectivity index (χ1) is 17.5. The lowest BCUT2D eigenvalue weighted by atomic mass is 9.82. The monoisotopic (exact) mass is 492 g/mol. The molecule has 1 aliphatic carbocycles. The Balaban J connectivity index is 1.20. The van der Waals surface area contributed by atoms with Crippen molar-refractivity contribution in [3.05, 3.63) is 41.3 Å². The van der Waals surface area contributed by atoms with Gasteiger partial charge in [0.15, 0.2) is 17.3 Å². The van der Waals surface area contributed by atoms with E-state index >= 15 is 0 Å². The molecule has 36 heavy (non-hydrogen) atoms. The van der Waals surface area contributed by atoms with Crippen molar-refractivity contribution in [3.63, 3.8) is 0 Å². The van der Waals surface area contributed by atoms with Gasteiger partial charge in [0.2, 0.25) is 0 Å². The van der Waals surface area contributed by atoms with Gasteiger partial charge in [-0.05, 0) is 49.3 Å². The molecule has 0 saturated heterocycles. The fourth-order valence-electron chi connectivity index (χ4n) is 4.85. The number of aromatic nitrogens is 4. The van der Waals surface area contributed by atoms with E-state index in [0.717, 1.165) is 36.8 Å². The number of fused-ring (bicyclic) bond motifs is 2. The van der Waals surface area contributed by atoms with Gasteiger partial charge < -0.3 is 20.1 Å². The average molecular weight is 493 g/mol. The van der Waals surface area contributed by atoms with Crippen LogP contribution < -0.4 is 15.4 Å². The van der Waals surface area contributed by atoms with Crippen LogP contribution in [0.2, 0.25) is 0 Å². The molecule has 0 radical (unpaired) electrons. The first-order valence-corrected chi connectivity index (χ1v) is 12.1. The first-order valence-electron chi connectivity index (χ1n) is 12.1. The van der Waals surface area contributed by atoms with Crippen LogP contribution in [0.5, 0.6) is 5.75 Å². The lowest BCUT2D eigenvalue weighted by Gasteiger charge is -2.26. The van der Waals surface area contributed by atoms with Crippen molar-refractivity contribution in [1.29, 1.82) is 0 Å².